The van der Waals surface area contributed by atoms with Crippen LogP contribution in [0.2, 0.25) is 0 Å². The fraction of sp³-hybridized carbons (Fsp3) is 0.583. The second-order valence-electron chi connectivity index (χ2n) is 4.22. The first-order valence-corrected chi connectivity index (χ1v) is 5.46. The van der Waals surface area contributed by atoms with Gasteiger partial charge in [-0.05, 0) is 12.5 Å². The molecule has 1 rings (SSSR count). The van der Waals surface area contributed by atoms with E-state index in [1.54, 1.807) is 19.2 Å². The Balaban J connectivity index is 2.98. The molecule has 1 heterocycles. The van der Waals surface area contributed by atoms with Crippen molar-refractivity contribution in [1.29, 1.82) is 0 Å². The molecule has 1 aromatic heterocycles. The van der Waals surface area contributed by atoms with Crippen LogP contribution < -0.4 is 10.5 Å². The molecular formula is C12H20N2O2. The summed E-state index contributed by atoms with van der Waals surface area (Å²) < 4.78 is 5.03. The smallest absolute Gasteiger partial charge is 0.213 e. The number of nitrogens with two attached hydrogens (primary N) is 1. The minimum atomic E-state index is -0.669. The van der Waals surface area contributed by atoms with E-state index < -0.39 is 6.10 Å². The van der Waals surface area contributed by atoms with E-state index in [0.717, 1.165) is 6.42 Å². The highest BCUT2D eigenvalue weighted by atomic mass is 16.5. The SMILES string of the molecule is CCC(C)(CN)C(O)c1cccc(OC)n1. The average Bonchev–Trinajstić information content (AvgIpc) is 2.37. The number of hydrogen-bond acceptors (Lipinski definition) is 4. The highest BCUT2D eigenvalue weighted by molar-refractivity contribution is 5.18. The van der Waals surface area contributed by atoms with Crippen LogP contribution in [0.5, 0.6) is 5.88 Å². The van der Waals surface area contributed by atoms with Crippen molar-refractivity contribution in [1.82, 2.24) is 4.98 Å². The number of aromatic nitrogens is 1. The van der Waals surface area contributed by atoms with E-state index in [0.29, 0.717) is 18.1 Å². The Kier molecular flexibility index (Phi) is 4.26. The van der Waals surface area contributed by atoms with Gasteiger partial charge in [0.05, 0.1) is 12.8 Å². The molecular weight excluding hydrogens is 204 g/mol. The normalized spacial score (nSPS) is 16.6. The van der Waals surface area contributed by atoms with Gasteiger partial charge in [0.25, 0.3) is 0 Å². The maximum absolute atomic E-state index is 10.3. The lowest BCUT2D eigenvalue weighted by Crippen LogP contribution is -2.33. The third-order valence-electron chi connectivity index (χ3n) is 3.17. The van der Waals surface area contributed by atoms with E-state index in [9.17, 15) is 5.11 Å². The van der Waals surface area contributed by atoms with Crippen LogP contribution in [0.1, 0.15) is 32.1 Å². The quantitative estimate of drug-likeness (QED) is 0.795. The van der Waals surface area contributed by atoms with Crippen molar-refractivity contribution in [2.24, 2.45) is 11.1 Å². The van der Waals surface area contributed by atoms with Gasteiger partial charge in [0, 0.05) is 18.0 Å². The summed E-state index contributed by atoms with van der Waals surface area (Å²) in [7, 11) is 1.56. The predicted octanol–water partition coefficient (Wildman–Crippen LogP) is 1.50. The van der Waals surface area contributed by atoms with Crippen molar-refractivity contribution >= 4 is 0 Å². The van der Waals surface area contributed by atoms with Crippen LogP contribution in [-0.2, 0) is 0 Å². The summed E-state index contributed by atoms with van der Waals surface area (Å²) in [5.74, 6) is 0.507. The van der Waals surface area contributed by atoms with Gasteiger partial charge in [-0.2, -0.15) is 0 Å². The molecule has 0 radical (unpaired) electrons. The molecule has 0 spiro atoms. The number of methoxy groups -OCH3 is 1. The van der Waals surface area contributed by atoms with Gasteiger partial charge < -0.3 is 15.6 Å². The Labute approximate surface area is 96.5 Å². The molecule has 0 bridgehead atoms. The minimum absolute atomic E-state index is 0.348. The van der Waals surface area contributed by atoms with Gasteiger partial charge in [0.15, 0.2) is 0 Å². The van der Waals surface area contributed by atoms with Crippen LogP contribution in [0.4, 0.5) is 0 Å². The van der Waals surface area contributed by atoms with Crippen LogP contribution in [0.25, 0.3) is 0 Å². The first-order valence-electron chi connectivity index (χ1n) is 5.46. The molecule has 2 atom stereocenters. The molecule has 0 amide bonds. The van der Waals surface area contributed by atoms with Crippen LogP contribution in [0.3, 0.4) is 0 Å². The van der Waals surface area contributed by atoms with Crippen molar-refractivity contribution in [2.75, 3.05) is 13.7 Å². The number of ether oxygens (including phenoxy) is 1. The molecule has 16 heavy (non-hydrogen) atoms. The Bertz CT molecular complexity index is 338. The number of pyridine rings is 1. The van der Waals surface area contributed by atoms with E-state index in [4.69, 9.17) is 10.5 Å². The second kappa shape index (κ2) is 5.27. The van der Waals surface area contributed by atoms with E-state index in [2.05, 4.69) is 4.98 Å². The zero-order valence-corrected chi connectivity index (χ0v) is 10.1. The van der Waals surface area contributed by atoms with Gasteiger partial charge in [-0.3, -0.25) is 0 Å². The van der Waals surface area contributed by atoms with Crippen LogP contribution >= 0.6 is 0 Å². The van der Waals surface area contributed by atoms with Gasteiger partial charge in [-0.15, -0.1) is 0 Å². The maximum Gasteiger partial charge on any atom is 0.213 e. The molecule has 0 saturated heterocycles. The summed E-state index contributed by atoms with van der Waals surface area (Å²) in [6.07, 6.45) is 0.126. The molecule has 90 valence electrons. The van der Waals surface area contributed by atoms with Crippen molar-refractivity contribution in [2.45, 2.75) is 26.4 Å². The molecule has 0 aliphatic carbocycles. The summed E-state index contributed by atoms with van der Waals surface area (Å²) in [5, 5.41) is 10.3. The maximum atomic E-state index is 10.3. The number of hydrogen-bond donors (Lipinski definition) is 2. The van der Waals surface area contributed by atoms with Gasteiger partial charge in [0.1, 0.15) is 6.10 Å². The van der Waals surface area contributed by atoms with Gasteiger partial charge in [-0.25, -0.2) is 4.98 Å². The number of nitrogens with zero attached hydrogens (tertiary/aromatic N) is 1. The first-order chi connectivity index (χ1) is 7.57. The van der Waals surface area contributed by atoms with Gasteiger partial charge >= 0.3 is 0 Å². The Morgan fingerprint density at radius 3 is 2.75 bits per heavy atom. The molecule has 4 heteroatoms. The molecule has 0 saturated carbocycles. The van der Waals surface area contributed by atoms with Crippen molar-refractivity contribution in [3.8, 4) is 5.88 Å². The molecule has 0 aromatic carbocycles. The number of aliphatic hydroxyl groups is 1. The van der Waals surface area contributed by atoms with Crippen LogP contribution in [0.15, 0.2) is 18.2 Å². The molecule has 3 N–H and O–H groups in total. The molecule has 4 nitrogen and oxygen atoms in total. The summed E-state index contributed by atoms with van der Waals surface area (Å²) in [6.45, 7) is 4.39. The Morgan fingerprint density at radius 2 is 2.25 bits per heavy atom. The largest absolute Gasteiger partial charge is 0.481 e. The fourth-order valence-corrected chi connectivity index (χ4v) is 1.50. The minimum Gasteiger partial charge on any atom is -0.481 e. The highest BCUT2D eigenvalue weighted by Gasteiger charge is 2.32. The van der Waals surface area contributed by atoms with Crippen LogP contribution in [0, 0.1) is 5.41 Å². The summed E-state index contributed by atoms with van der Waals surface area (Å²) >= 11 is 0. The monoisotopic (exact) mass is 224 g/mol. The molecule has 1 aromatic rings. The van der Waals surface area contributed by atoms with Crippen LogP contribution in [-0.4, -0.2) is 23.7 Å². The lowest BCUT2D eigenvalue weighted by atomic mass is 9.80. The lowest BCUT2D eigenvalue weighted by molar-refractivity contribution is 0.0353. The third-order valence-corrected chi connectivity index (χ3v) is 3.17. The third kappa shape index (κ3) is 2.51. The van der Waals surface area contributed by atoms with E-state index >= 15 is 0 Å². The average molecular weight is 224 g/mol. The fourth-order valence-electron chi connectivity index (χ4n) is 1.50. The molecule has 0 aliphatic heterocycles. The van der Waals surface area contributed by atoms with E-state index in [1.807, 2.05) is 19.9 Å². The van der Waals surface area contributed by atoms with E-state index in [-0.39, 0.29) is 5.41 Å². The van der Waals surface area contributed by atoms with E-state index in [1.165, 1.54) is 0 Å². The van der Waals surface area contributed by atoms with Crippen molar-refractivity contribution < 1.29 is 9.84 Å². The van der Waals surface area contributed by atoms with Crippen molar-refractivity contribution in [3.63, 3.8) is 0 Å². The first kappa shape index (κ1) is 12.9. The zero-order chi connectivity index (χ0) is 12.2. The summed E-state index contributed by atoms with van der Waals surface area (Å²) in [4.78, 5) is 4.23. The summed E-state index contributed by atoms with van der Waals surface area (Å²) in [6, 6.07) is 5.36. The Hall–Kier alpha value is -1.13. The molecule has 0 fully saturated rings. The highest BCUT2D eigenvalue weighted by Crippen LogP contribution is 2.35. The summed E-state index contributed by atoms with van der Waals surface area (Å²) in [5.41, 5.74) is 5.97. The van der Waals surface area contributed by atoms with Crippen molar-refractivity contribution in [3.05, 3.63) is 23.9 Å². The van der Waals surface area contributed by atoms with Gasteiger partial charge in [-0.1, -0.05) is 19.9 Å². The second-order valence-corrected chi connectivity index (χ2v) is 4.22. The number of aliphatic hydroxyl groups excluding tert-OH is 1. The number of rotatable bonds is 5. The molecule has 0 aliphatic rings. The topological polar surface area (TPSA) is 68.4 Å². The van der Waals surface area contributed by atoms with Gasteiger partial charge in [0.2, 0.25) is 5.88 Å². The Morgan fingerprint density at radius 1 is 1.56 bits per heavy atom. The predicted molar refractivity (Wildman–Crippen MR) is 63.2 cm³/mol. The molecule has 2 unspecified atom stereocenters. The standard InChI is InChI=1S/C12H20N2O2/c1-4-12(2,8-13)11(15)9-6-5-7-10(14-9)16-3/h5-7,11,15H,4,8,13H2,1-3H3. The lowest BCUT2D eigenvalue weighted by Gasteiger charge is -2.31. The zero-order valence-electron chi connectivity index (χ0n) is 10.1.